The molecule has 0 aliphatic carbocycles. The van der Waals surface area contributed by atoms with Gasteiger partial charge in [0.25, 0.3) is 10.0 Å². The summed E-state index contributed by atoms with van der Waals surface area (Å²) in [6, 6.07) is 25.3. The summed E-state index contributed by atoms with van der Waals surface area (Å²) >= 11 is 12.2. The third-order valence-electron chi connectivity index (χ3n) is 6.74. The molecule has 0 heterocycles. The molecule has 0 bridgehead atoms. The smallest absolute Gasteiger partial charge is 0.264 e. The predicted octanol–water partition coefficient (Wildman–Crippen LogP) is 6.49. The summed E-state index contributed by atoms with van der Waals surface area (Å²) in [5.41, 5.74) is 1.52. The van der Waals surface area contributed by atoms with Gasteiger partial charge in [-0.2, -0.15) is 0 Å². The Bertz CT molecular complexity index is 1690. The molecule has 4 aromatic carbocycles. The standard InChI is InChI=1S/C33H32Cl2FN3O4S/c1-23(2)37-33(41)31(19-24-7-4-3-5-8-24)38(21-25-11-15-28(36)16-12-25)32(40)22-39(29-10-6-9-27(35)20-29)44(42,43)30-17-13-26(34)14-18-30/h3-18,20,23,31H,19,21-22H2,1-2H3,(H,37,41). The van der Waals surface area contributed by atoms with Crippen LogP contribution in [0.3, 0.4) is 0 Å². The maximum Gasteiger partial charge on any atom is 0.264 e. The van der Waals surface area contributed by atoms with E-state index >= 15 is 0 Å². The lowest BCUT2D eigenvalue weighted by atomic mass is 10.0. The Kier molecular flexibility index (Phi) is 11.0. The van der Waals surface area contributed by atoms with Crippen molar-refractivity contribution in [2.45, 2.75) is 43.8 Å². The van der Waals surface area contributed by atoms with E-state index in [0.29, 0.717) is 10.6 Å². The molecule has 4 aromatic rings. The first kappa shape index (κ1) is 33.0. The van der Waals surface area contributed by atoms with Gasteiger partial charge in [0.15, 0.2) is 0 Å². The van der Waals surface area contributed by atoms with E-state index in [4.69, 9.17) is 23.2 Å². The summed E-state index contributed by atoms with van der Waals surface area (Å²) in [5.74, 6) is -1.51. The molecule has 44 heavy (non-hydrogen) atoms. The lowest BCUT2D eigenvalue weighted by Crippen LogP contribution is -2.54. The molecule has 2 amide bonds. The predicted molar refractivity (Wildman–Crippen MR) is 172 cm³/mol. The van der Waals surface area contributed by atoms with Crippen molar-refractivity contribution in [3.05, 3.63) is 130 Å². The van der Waals surface area contributed by atoms with Gasteiger partial charge in [-0.25, -0.2) is 12.8 Å². The highest BCUT2D eigenvalue weighted by molar-refractivity contribution is 7.92. The van der Waals surface area contributed by atoms with Crippen LogP contribution in [0.15, 0.2) is 108 Å². The lowest BCUT2D eigenvalue weighted by Gasteiger charge is -2.34. The Morgan fingerprint density at radius 2 is 1.48 bits per heavy atom. The number of hydrogen-bond acceptors (Lipinski definition) is 4. The molecule has 7 nitrogen and oxygen atoms in total. The van der Waals surface area contributed by atoms with Crippen LogP contribution in [0.1, 0.15) is 25.0 Å². The molecule has 4 rings (SSSR count). The normalized spacial score (nSPS) is 12.0. The van der Waals surface area contributed by atoms with E-state index in [1.165, 1.54) is 65.6 Å². The molecule has 0 radical (unpaired) electrons. The first-order valence-electron chi connectivity index (χ1n) is 13.9. The van der Waals surface area contributed by atoms with E-state index in [1.54, 1.807) is 12.1 Å². The first-order chi connectivity index (χ1) is 20.9. The van der Waals surface area contributed by atoms with Crippen LogP contribution in [0, 0.1) is 5.82 Å². The third-order valence-corrected chi connectivity index (χ3v) is 9.02. The van der Waals surface area contributed by atoms with Crippen molar-refractivity contribution in [2.75, 3.05) is 10.8 Å². The monoisotopic (exact) mass is 655 g/mol. The molecule has 1 atom stereocenters. The Labute approximate surface area is 267 Å². The van der Waals surface area contributed by atoms with Crippen LogP contribution in [0.4, 0.5) is 10.1 Å². The Hall–Kier alpha value is -3.92. The lowest BCUT2D eigenvalue weighted by molar-refractivity contribution is -0.140. The van der Waals surface area contributed by atoms with Crippen LogP contribution < -0.4 is 9.62 Å². The second kappa shape index (κ2) is 14.7. The molecule has 0 aromatic heterocycles. The first-order valence-corrected chi connectivity index (χ1v) is 16.1. The van der Waals surface area contributed by atoms with Gasteiger partial charge in [-0.3, -0.25) is 13.9 Å². The number of benzene rings is 4. The third kappa shape index (κ3) is 8.59. The van der Waals surface area contributed by atoms with Gasteiger partial charge in [-0.1, -0.05) is 71.7 Å². The van der Waals surface area contributed by atoms with Gasteiger partial charge in [0.2, 0.25) is 11.8 Å². The van der Waals surface area contributed by atoms with Gasteiger partial charge < -0.3 is 10.2 Å². The number of hydrogen-bond donors (Lipinski definition) is 1. The van der Waals surface area contributed by atoms with Gasteiger partial charge in [0.1, 0.15) is 18.4 Å². The van der Waals surface area contributed by atoms with Crippen molar-refractivity contribution >= 4 is 50.7 Å². The van der Waals surface area contributed by atoms with Gasteiger partial charge >= 0.3 is 0 Å². The Morgan fingerprint density at radius 3 is 2.09 bits per heavy atom. The van der Waals surface area contributed by atoms with E-state index in [1.807, 2.05) is 44.2 Å². The number of halogens is 3. The maximum atomic E-state index is 14.3. The van der Waals surface area contributed by atoms with E-state index < -0.39 is 40.2 Å². The number of amides is 2. The maximum absolute atomic E-state index is 14.3. The summed E-state index contributed by atoms with van der Waals surface area (Å²) in [6.45, 7) is 2.89. The van der Waals surface area contributed by atoms with Crippen molar-refractivity contribution in [2.24, 2.45) is 0 Å². The second-order valence-electron chi connectivity index (χ2n) is 10.5. The van der Waals surface area contributed by atoms with Crippen molar-refractivity contribution in [3.8, 4) is 0 Å². The minimum absolute atomic E-state index is 0.0769. The van der Waals surface area contributed by atoms with E-state index in [-0.39, 0.29) is 34.6 Å². The number of rotatable bonds is 12. The largest absolute Gasteiger partial charge is 0.352 e. The summed E-state index contributed by atoms with van der Waals surface area (Å²) in [7, 11) is -4.30. The molecular formula is C33H32Cl2FN3O4S. The quantitative estimate of drug-likeness (QED) is 0.189. The zero-order valence-electron chi connectivity index (χ0n) is 24.2. The highest BCUT2D eigenvalue weighted by Gasteiger charge is 2.35. The van der Waals surface area contributed by atoms with Crippen molar-refractivity contribution in [1.82, 2.24) is 10.2 Å². The van der Waals surface area contributed by atoms with Crippen LogP contribution in [0.2, 0.25) is 10.0 Å². The van der Waals surface area contributed by atoms with Crippen LogP contribution >= 0.6 is 23.2 Å². The molecule has 11 heteroatoms. The highest BCUT2D eigenvalue weighted by atomic mass is 35.5. The molecule has 0 aliphatic heterocycles. The van der Waals surface area contributed by atoms with Crippen LogP contribution in [-0.2, 0) is 32.6 Å². The molecule has 1 N–H and O–H groups in total. The summed E-state index contributed by atoms with van der Waals surface area (Å²) in [4.78, 5) is 29.3. The van der Waals surface area contributed by atoms with E-state index in [9.17, 15) is 22.4 Å². The minimum atomic E-state index is -4.30. The summed E-state index contributed by atoms with van der Waals surface area (Å²) in [5, 5.41) is 3.51. The second-order valence-corrected chi connectivity index (χ2v) is 13.2. The number of carbonyl (C=O) groups excluding carboxylic acids is 2. The van der Waals surface area contributed by atoms with Gasteiger partial charge in [-0.15, -0.1) is 0 Å². The number of nitrogens with one attached hydrogen (secondary N) is 1. The molecule has 0 fully saturated rings. The van der Waals surface area contributed by atoms with Gasteiger partial charge in [0.05, 0.1) is 10.6 Å². The number of anilines is 1. The summed E-state index contributed by atoms with van der Waals surface area (Å²) < 4.78 is 42.7. The number of nitrogens with zero attached hydrogens (tertiary/aromatic N) is 2. The summed E-state index contributed by atoms with van der Waals surface area (Å²) in [6.07, 6.45) is 0.160. The number of sulfonamides is 1. The van der Waals surface area contributed by atoms with Gasteiger partial charge in [-0.05, 0) is 79.6 Å². The molecule has 0 aliphatic rings. The minimum Gasteiger partial charge on any atom is -0.352 e. The number of carbonyl (C=O) groups is 2. The van der Waals surface area contributed by atoms with E-state index in [2.05, 4.69) is 5.32 Å². The fourth-order valence-electron chi connectivity index (χ4n) is 4.61. The van der Waals surface area contributed by atoms with Crippen LogP contribution in [0.25, 0.3) is 0 Å². The topological polar surface area (TPSA) is 86.8 Å². The average Bonchev–Trinajstić information content (AvgIpc) is 2.98. The Balaban J connectivity index is 1.80. The fourth-order valence-corrected chi connectivity index (χ4v) is 6.33. The van der Waals surface area contributed by atoms with Crippen LogP contribution in [-0.4, -0.2) is 43.8 Å². The molecular weight excluding hydrogens is 624 g/mol. The SMILES string of the molecule is CC(C)NC(=O)C(Cc1ccccc1)N(Cc1ccc(F)cc1)C(=O)CN(c1cccc(Cl)c1)S(=O)(=O)c1ccc(Cl)cc1. The molecule has 0 spiro atoms. The molecule has 0 saturated carbocycles. The zero-order chi connectivity index (χ0) is 31.9. The van der Waals surface area contributed by atoms with E-state index in [0.717, 1.165) is 9.87 Å². The fraction of sp³-hybridized carbons (Fsp3) is 0.212. The van der Waals surface area contributed by atoms with Crippen LogP contribution in [0.5, 0.6) is 0 Å². The molecule has 230 valence electrons. The highest BCUT2D eigenvalue weighted by Crippen LogP contribution is 2.28. The Morgan fingerprint density at radius 1 is 0.818 bits per heavy atom. The average molecular weight is 657 g/mol. The molecule has 0 saturated heterocycles. The molecule has 1 unspecified atom stereocenters. The van der Waals surface area contributed by atoms with Crippen molar-refractivity contribution in [1.29, 1.82) is 0 Å². The van der Waals surface area contributed by atoms with Crippen molar-refractivity contribution in [3.63, 3.8) is 0 Å². The van der Waals surface area contributed by atoms with Crippen molar-refractivity contribution < 1.29 is 22.4 Å². The zero-order valence-corrected chi connectivity index (χ0v) is 26.5. The van der Waals surface area contributed by atoms with Gasteiger partial charge in [0, 0.05) is 29.1 Å².